The number of hydrogen-bond donors (Lipinski definition) is 0. The number of nitrogens with zero attached hydrogens (tertiary/aromatic N) is 2. The summed E-state index contributed by atoms with van der Waals surface area (Å²) in [5.74, 6) is 0.797. The molecule has 2 fully saturated rings. The fourth-order valence-corrected chi connectivity index (χ4v) is 3.45. The van der Waals surface area contributed by atoms with Crippen LogP contribution in [0.1, 0.15) is 19.3 Å². The van der Waals surface area contributed by atoms with E-state index >= 15 is 0 Å². The van der Waals surface area contributed by atoms with E-state index < -0.39 is 5.38 Å². The molecule has 21 heavy (non-hydrogen) atoms. The van der Waals surface area contributed by atoms with Crippen LogP contribution < -0.4 is 9.64 Å². The average molecular weight is 309 g/mol. The van der Waals surface area contributed by atoms with Gasteiger partial charge in [0.05, 0.1) is 13.2 Å². The summed E-state index contributed by atoms with van der Waals surface area (Å²) in [5, 5.41) is -0.394. The topological polar surface area (TPSA) is 32.8 Å². The summed E-state index contributed by atoms with van der Waals surface area (Å²) >= 11 is 6.25. The Kier molecular flexibility index (Phi) is 4.36. The molecule has 2 heterocycles. The van der Waals surface area contributed by atoms with Gasteiger partial charge in [0, 0.05) is 12.2 Å². The summed E-state index contributed by atoms with van der Waals surface area (Å²) in [4.78, 5) is 16.4. The number of halogens is 1. The van der Waals surface area contributed by atoms with Crippen LogP contribution in [-0.2, 0) is 4.79 Å². The molecule has 0 aliphatic carbocycles. The normalized spacial score (nSPS) is 26.6. The number of ether oxygens (including phenoxy) is 1. The van der Waals surface area contributed by atoms with Gasteiger partial charge in [-0.3, -0.25) is 4.79 Å². The van der Waals surface area contributed by atoms with Gasteiger partial charge in [0.15, 0.2) is 0 Å². The second-order valence-corrected chi connectivity index (χ2v) is 6.21. The van der Waals surface area contributed by atoms with Gasteiger partial charge in [-0.1, -0.05) is 6.42 Å². The largest absolute Gasteiger partial charge is 0.497 e. The van der Waals surface area contributed by atoms with Crippen LogP contribution in [0.3, 0.4) is 0 Å². The number of likely N-dealkylation sites (tertiary alicyclic amines) is 1. The molecule has 0 saturated carbocycles. The van der Waals surface area contributed by atoms with Gasteiger partial charge in [-0.2, -0.15) is 0 Å². The minimum Gasteiger partial charge on any atom is -0.497 e. The van der Waals surface area contributed by atoms with Gasteiger partial charge in [0.25, 0.3) is 0 Å². The molecule has 0 bridgehead atoms. The number of benzene rings is 1. The van der Waals surface area contributed by atoms with Gasteiger partial charge in [-0.05, 0) is 50.2 Å². The van der Waals surface area contributed by atoms with Crippen molar-refractivity contribution in [2.45, 2.75) is 30.7 Å². The highest BCUT2D eigenvalue weighted by Crippen LogP contribution is 2.33. The minimum atomic E-state index is -0.394. The number of piperidine rings is 1. The van der Waals surface area contributed by atoms with Crippen molar-refractivity contribution in [1.29, 1.82) is 0 Å². The van der Waals surface area contributed by atoms with Gasteiger partial charge in [0.1, 0.15) is 11.1 Å². The number of carbonyl (C=O) groups is 1. The van der Waals surface area contributed by atoms with Crippen LogP contribution >= 0.6 is 11.6 Å². The first-order chi connectivity index (χ1) is 10.2. The Morgan fingerprint density at radius 3 is 2.48 bits per heavy atom. The maximum absolute atomic E-state index is 12.1. The fraction of sp³-hybridized carbons (Fsp3) is 0.562. The number of hydrogen-bond acceptors (Lipinski definition) is 3. The lowest BCUT2D eigenvalue weighted by molar-refractivity contribution is -0.124. The number of amides is 1. The number of alkyl halides is 1. The first-order valence-corrected chi connectivity index (χ1v) is 7.98. The van der Waals surface area contributed by atoms with Crippen molar-refractivity contribution in [3.05, 3.63) is 24.3 Å². The molecule has 2 saturated heterocycles. The molecular formula is C16H21ClN2O2. The van der Waals surface area contributed by atoms with Gasteiger partial charge in [-0.25, -0.2) is 0 Å². The summed E-state index contributed by atoms with van der Waals surface area (Å²) in [6.07, 6.45) is 3.80. The quantitative estimate of drug-likeness (QED) is 0.633. The van der Waals surface area contributed by atoms with Crippen molar-refractivity contribution in [3.8, 4) is 5.75 Å². The molecule has 5 heteroatoms. The maximum atomic E-state index is 12.1. The van der Waals surface area contributed by atoms with Crippen molar-refractivity contribution in [3.63, 3.8) is 0 Å². The molecule has 114 valence electrons. The Bertz CT molecular complexity index is 500. The Morgan fingerprint density at radius 2 is 1.86 bits per heavy atom. The molecule has 0 aromatic heterocycles. The van der Waals surface area contributed by atoms with Gasteiger partial charge in [-0.15, -0.1) is 11.6 Å². The van der Waals surface area contributed by atoms with Gasteiger partial charge < -0.3 is 14.5 Å². The van der Waals surface area contributed by atoms with E-state index in [-0.39, 0.29) is 11.9 Å². The van der Waals surface area contributed by atoms with E-state index in [1.807, 2.05) is 29.2 Å². The highest BCUT2D eigenvalue weighted by Gasteiger charge is 2.47. The molecule has 0 radical (unpaired) electrons. The molecular weight excluding hydrogens is 288 g/mol. The molecule has 3 rings (SSSR count). The lowest BCUT2D eigenvalue weighted by atomic mass is 9.98. The molecule has 2 atom stereocenters. The molecule has 1 aromatic rings. The standard InChI is InChI=1S/C16H21ClN2O2/c1-21-13-7-5-12(6-8-13)19-14(15(17)16(19)20)11-18-9-3-2-4-10-18/h5-8,14-15H,2-4,9-11H2,1H3/t14-,15+/m1/s1. The van der Waals surface area contributed by atoms with E-state index in [0.29, 0.717) is 0 Å². The van der Waals surface area contributed by atoms with Crippen molar-refractivity contribution < 1.29 is 9.53 Å². The maximum Gasteiger partial charge on any atom is 0.247 e. The van der Waals surface area contributed by atoms with E-state index in [2.05, 4.69) is 4.90 Å². The third-order valence-electron chi connectivity index (χ3n) is 4.39. The molecule has 2 aliphatic heterocycles. The average Bonchev–Trinajstić information content (AvgIpc) is 2.55. The number of methoxy groups -OCH3 is 1. The van der Waals surface area contributed by atoms with Crippen LogP contribution in [-0.4, -0.2) is 49.0 Å². The molecule has 4 nitrogen and oxygen atoms in total. The van der Waals surface area contributed by atoms with Crippen molar-refractivity contribution in [1.82, 2.24) is 4.90 Å². The van der Waals surface area contributed by atoms with Crippen LogP contribution in [0.5, 0.6) is 5.75 Å². The Balaban J connectivity index is 1.71. The first-order valence-electron chi connectivity index (χ1n) is 7.54. The Morgan fingerprint density at radius 1 is 1.19 bits per heavy atom. The van der Waals surface area contributed by atoms with E-state index in [0.717, 1.165) is 31.1 Å². The minimum absolute atomic E-state index is 0.00356. The van der Waals surface area contributed by atoms with Crippen molar-refractivity contribution >= 4 is 23.2 Å². The summed E-state index contributed by atoms with van der Waals surface area (Å²) < 4.78 is 5.16. The van der Waals surface area contributed by atoms with Gasteiger partial charge >= 0.3 is 0 Å². The molecule has 1 amide bonds. The van der Waals surface area contributed by atoms with E-state index in [4.69, 9.17) is 16.3 Å². The molecule has 0 N–H and O–H groups in total. The van der Waals surface area contributed by atoms with Crippen LogP contribution in [0, 0.1) is 0 Å². The molecule has 0 spiro atoms. The molecule has 1 aromatic carbocycles. The summed E-state index contributed by atoms with van der Waals surface area (Å²) in [5.41, 5.74) is 0.903. The van der Waals surface area contributed by atoms with Crippen molar-refractivity contribution in [2.24, 2.45) is 0 Å². The van der Waals surface area contributed by atoms with Crippen LogP contribution in [0.2, 0.25) is 0 Å². The van der Waals surface area contributed by atoms with E-state index in [1.165, 1.54) is 19.3 Å². The third kappa shape index (κ3) is 2.87. The summed E-state index contributed by atoms with van der Waals surface area (Å²) in [7, 11) is 1.64. The molecule has 0 unspecified atom stereocenters. The first kappa shape index (κ1) is 14.7. The van der Waals surface area contributed by atoms with Crippen LogP contribution in [0.25, 0.3) is 0 Å². The zero-order chi connectivity index (χ0) is 14.8. The monoisotopic (exact) mass is 308 g/mol. The Labute approximate surface area is 130 Å². The predicted molar refractivity (Wildman–Crippen MR) is 84.2 cm³/mol. The summed E-state index contributed by atoms with van der Waals surface area (Å²) in [6, 6.07) is 7.67. The van der Waals surface area contributed by atoms with Crippen molar-refractivity contribution in [2.75, 3.05) is 31.6 Å². The fourth-order valence-electron chi connectivity index (χ4n) is 3.15. The van der Waals surface area contributed by atoms with E-state index in [1.54, 1.807) is 7.11 Å². The SMILES string of the molecule is COc1ccc(N2C(=O)[C@@H](Cl)[C@H]2CN2CCCCC2)cc1. The highest BCUT2D eigenvalue weighted by atomic mass is 35.5. The second kappa shape index (κ2) is 6.24. The highest BCUT2D eigenvalue weighted by molar-refractivity contribution is 6.37. The zero-order valence-corrected chi connectivity index (χ0v) is 13.1. The van der Waals surface area contributed by atoms with Crippen LogP contribution in [0.4, 0.5) is 5.69 Å². The van der Waals surface area contributed by atoms with Crippen LogP contribution in [0.15, 0.2) is 24.3 Å². The Hall–Kier alpha value is -1.26. The van der Waals surface area contributed by atoms with Gasteiger partial charge in [0.2, 0.25) is 5.91 Å². The predicted octanol–water partition coefficient (Wildman–Crippen LogP) is 2.50. The lowest BCUT2D eigenvalue weighted by Gasteiger charge is -2.46. The third-order valence-corrected chi connectivity index (χ3v) is 4.86. The zero-order valence-electron chi connectivity index (χ0n) is 12.3. The lowest BCUT2D eigenvalue weighted by Crippen LogP contribution is -2.66. The second-order valence-electron chi connectivity index (χ2n) is 5.74. The summed E-state index contributed by atoms with van der Waals surface area (Å²) in [6.45, 7) is 3.10. The number of carbonyl (C=O) groups excluding carboxylic acids is 1. The van der Waals surface area contributed by atoms with E-state index in [9.17, 15) is 4.79 Å². The number of β-lactam (4-membered cyclic amide) rings is 1. The number of rotatable bonds is 4. The smallest absolute Gasteiger partial charge is 0.247 e. The number of anilines is 1. The molecule has 2 aliphatic rings.